The lowest BCUT2D eigenvalue weighted by Crippen LogP contribution is -2.20. The average molecular weight is 161 g/mol. The van der Waals surface area contributed by atoms with Crippen LogP contribution in [0, 0.1) is 0 Å². The molecule has 0 saturated heterocycles. The van der Waals surface area contributed by atoms with Crippen molar-refractivity contribution in [2.75, 3.05) is 0 Å². The Hall–Kier alpha value is -0.350. The second kappa shape index (κ2) is 3.16. The Kier molecular flexibility index (Phi) is 2.45. The maximum atomic E-state index is 10.5. The molecular formula is C6H11NO2S. The van der Waals surface area contributed by atoms with Crippen molar-refractivity contribution >= 4 is 11.1 Å². The predicted octanol–water partition coefficient (Wildman–Crippen LogP) is 0.603. The number of hydrogen-bond acceptors (Lipinski definition) is 2. The first-order chi connectivity index (χ1) is 4.70. The molecular weight excluding hydrogens is 150 g/mol. The Bertz CT molecular complexity index is 179. The fourth-order valence-corrected chi connectivity index (χ4v) is 1.75. The van der Waals surface area contributed by atoms with Gasteiger partial charge in [0.2, 0.25) is 0 Å². The summed E-state index contributed by atoms with van der Waals surface area (Å²) >= 11 is -1.69. The molecule has 1 aliphatic carbocycles. The smallest absolute Gasteiger partial charge is 0.156 e. The van der Waals surface area contributed by atoms with E-state index in [1.165, 1.54) is 0 Å². The van der Waals surface area contributed by atoms with Crippen molar-refractivity contribution in [1.29, 1.82) is 0 Å². The lowest BCUT2D eigenvalue weighted by atomic mass is 10.1. The van der Waals surface area contributed by atoms with Crippen molar-refractivity contribution in [3.05, 3.63) is 11.8 Å². The molecule has 4 heteroatoms. The first kappa shape index (κ1) is 7.75. The molecule has 0 fully saturated rings. The monoisotopic (exact) mass is 161 g/mol. The van der Waals surface area contributed by atoms with E-state index in [2.05, 4.69) is 0 Å². The fraction of sp³-hybridized carbons (Fsp3) is 0.667. The zero-order chi connectivity index (χ0) is 7.56. The Morgan fingerprint density at radius 3 is 2.90 bits per heavy atom. The molecule has 0 saturated carbocycles. The zero-order valence-corrected chi connectivity index (χ0v) is 6.43. The van der Waals surface area contributed by atoms with Gasteiger partial charge in [0.1, 0.15) is 0 Å². The number of rotatable bonds is 1. The van der Waals surface area contributed by atoms with Crippen molar-refractivity contribution in [2.45, 2.75) is 24.5 Å². The molecule has 0 aromatic rings. The van der Waals surface area contributed by atoms with Crippen molar-refractivity contribution in [3.63, 3.8) is 0 Å². The van der Waals surface area contributed by atoms with Gasteiger partial charge in [-0.3, -0.25) is 0 Å². The van der Waals surface area contributed by atoms with Crippen LogP contribution in [0.5, 0.6) is 0 Å². The molecule has 0 radical (unpaired) electrons. The van der Waals surface area contributed by atoms with E-state index in [0.29, 0.717) is 6.42 Å². The van der Waals surface area contributed by atoms with Crippen LogP contribution < -0.4 is 5.73 Å². The van der Waals surface area contributed by atoms with E-state index in [-0.39, 0.29) is 5.25 Å². The van der Waals surface area contributed by atoms with Gasteiger partial charge in [0, 0.05) is 12.1 Å². The standard InChI is InChI=1S/C6H11NO2S/c7-5-2-1-3-6(4-5)10(8)9/h2,6H,1,3-4,7H2,(H,8,9). The van der Waals surface area contributed by atoms with Gasteiger partial charge in [-0.2, -0.15) is 0 Å². The van der Waals surface area contributed by atoms with Gasteiger partial charge in [-0.15, -0.1) is 0 Å². The summed E-state index contributed by atoms with van der Waals surface area (Å²) in [6.07, 6.45) is 4.11. The SMILES string of the molecule is NC1=CCCC(S(=O)O)C1. The molecule has 10 heavy (non-hydrogen) atoms. The molecule has 0 aliphatic heterocycles. The Labute approximate surface area is 62.6 Å². The van der Waals surface area contributed by atoms with Crippen LogP contribution in [0.3, 0.4) is 0 Å². The first-order valence-corrected chi connectivity index (χ1v) is 4.41. The molecule has 1 rings (SSSR count). The van der Waals surface area contributed by atoms with Gasteiger partial charge in [0.25, 0.3) is 0 Å². The normalized spacial score (nSPS) is 29.3. The summed E-state index contributed by atoms with van der Waals surface area (Å²) in [6, 6.07) is 0. The molecule has 0 bridgehead atoms. The minimum absolute atomic E-state index is 0.134. The van der Waals surface area contributed by atoms with Gasteiger partial charge < -0.3 is 10.3 Å². The molecule has 0 aromatic carbocycles. The molecule has 0 heterocycles. The van der Waals surface area contributed by atoms with Crippen LogP contribution in [0.15, 0.2) is 11.8 Å². The van der Waals surface area contributed by atoms with Gasteiger partial charge in [0.15, 0.2) is 11.1 Å². The predicted molar refractivity (Wildman–Crippen MR) is 40.7 cm³/mol. The van der Waals surface area contributed by atoms with Gasteiger partial charge in [-0.05, 0) is 12.8 Å². The van der Waals surface area contributed by atoms with Gasteiger partial charge in [-0.1, -0.05) is 6.08 Å². The second-order valence-electron chi connectivity index (χ2n) is 2.46. The summed E-state index contributed by atoms with van der Waals surface area (Å²) in [7, 11) is 0. The second-order valence-corrected chi connectivity index (χ2v) is 3.68. The van der Waals surface area contributed by atoms with E-state index in [9.17, 15) is 4.21 Å². The van der Waals surface area contributed by atoms with Crippen molar-refractivity contribution in [3.8, 4) is 0 Å². The molecule has 0 amide bonds. The highest BCUT2D eigenvalue weighted by atomic mass is 32.2. The molecule has 2 unspecified atom stereocenters. The Balaban J connectivity index is 2.53. The van der Waals surface area contributed by atoms with E-state index < -0.39 is 11.1 Å². The van der Waals surface area contributed by atoms with Crippen LogP contribution in [0.4, 0.5) is 0 Å². The minimum Gasteiger partial charge on any atom is -0.402 e. The van der Waals surface area contributed by atoms with Crippen LogP contribution in [-0.2, 0) is 11.1 Å². The summed E-state index contributed by atoms with van der Waals surface area (Å²) in [5.74, 6) is 0. The number of hydrogen-bond donors (Lipinski definition) is 2. The van der Waals surface area contributed by atoms with E-state index >= 15 is 0 Å². The molecule has 0 aromatic heterocycles. The fourth-order valence-electron chi connectivity index (χ4n) is 1.08. The van der Waals surface area contributed by atoms with Gasteiger partial charge in [0.05, 0.1) is 5.25 Å². The Morgan fingerprint density at radius 1 is 1.80 bits per heavy atom. The minimum atomic E-state index is -1.69. The van der Waals surface area contributed by atoms with E-state index in [4.69, 9.17) is 10.3 Å². The number of allylic oxidation sites excluding steroid dienone is 2. The molecule has 1 aliphatic rings. The highest BCUT2D eigenvalue weighted by Crippen LogP contribution is 2.18. The molecule has 58 valence electrons. The van der Waals surface area contributed by atoms with Crippen LogP contribution >= 0.6 is 0 Å². The first-order valence-electron chi connectivity index (χ1n) is 3.24. The van der Waals surface area contributed by atoms with Crippen LogP contribution in [0.2, 0.25) is 0 Å². The zero-order valence-electron chi connectivity index (χ0n) is 5.62. The lowest BCUT2D eigenvalue weighted by molar-refractivity contribution is 0.533. The van der Waals surface area contributed by atoms with Crippen LogP contribution in [-0.4, -0.2) is 14.0 Å². The highest BCUT2D eigenvalue weighted by molar-refractivity contribution is 7.79. The third-order valence-corrected chi connectivity index (χ3v) is 2.62. The number of nitrogens with two attached hydrogens (primary N) is 1. The molecule has 2 atom stereocenters. The quantitative estimate of drug-likeness (QED) is 0.554. The summed E-state index contributed by atoms with van der Waals surface area (Å²) in [4.78, 5) is 0. The lowest BCUT2D eigenvalue weighted by Gasteiger charge is -2.16. The summed E-state index contributed by atoms with van der Waals surface area (Å²) in [6.45, 7) is 0. The van der Waals surface area contributed by atoms with E-state index in [1.807, 2.05) is 6.08 Å². The van der Waals surface area contributed by atoms with E-state index in [1.54, 1.807) is 0 Å². The van der Waals surface area contributed by atoms with Crippen LogP contribution in [0.25, 0.3) is 0 Å². The summed E-state index contributed by atoms with van der Waals surface area (Å²) in [5, 5.41) is -0.134. The average Bonchev–Trinajstić information content (AvgIpc) is 1.88. The van der Waals surface area contributed by atoms with Crippen molar-refractivity contribution < 1.29 is 8.76 Å². The third kappa shape index (κ3) is 1.82. The topological polar surface area (TPSA) is 63.3 Å². The van der Waals surface area contributed by atoms with E-state index in [0.717, 1.165) is 18.5 Å². The summed E-state index contributed by atoms with van der Waals surface area (Å²) in [5.41, 5.74) is 6.23. The maximum absolute atomic E-state index is 10.5. The van der Waals surface area contributed by atoms with Gasteiger partial charge in [-0.25, -0.2) is 4.21 Å². The molecule has 3 N–H and O–H groups in total. The highest BCUT2D eigenvalue weighted by Gasteiger charge is 2.18. The maximum Gasteiger partial charge on any atom is 0.156 e. The van der Waals surface area contributed by atoms with Crippen molar-refractivity contribution in [2.24, 2.45) is 5.73 Å². The molecule has 3 nitrogen and oxygen atoms in total. The van der Waals surface area contributed by atoms with Gasteiger partial charge >= 0.3 is 0 Å². The third-order valence-electron chi connectivity index (χ3n) is 1.64. The largest absolute Gasteiger partial charge is 0.402 e. The van der Waals surface area contributed by atoms with Crippen LogP contribution in [0.1, 0.15) is 19.3 Å². The Morgan fingerprint density at radius 2 is 2.50 bits per heavy atom. The van der Waals surface area contributed by atoms with Crippen molar-refractivity contribution in [1.82, 2.24) is 0 Å². The molecule has 0 spiro atoms. The summed E-state index contributed by atoms with van der Waals surface area (Å²) < 4.78 is 19.2.